The van der Waals surface area contributed by atoms with Gasteiger partial charge in [0.1, 0.15) is 25.4 Å². The largest absolute Gasteiger partial charge is 0.472 e. The number of rotatable bonds is 97. The molecule has 0 amide bonds. The molecule has 0 spiro atoms. The average molecular weight is 1840 g/mol. The first-order chi connectivity index (χ1) is 63.2. The number of aliphatic hydroxyl groups excluding tert-OH is 2. The summed E-state index contributed by atoms with van der Waals surface area (Å²) >= 11 is 0. The van der Waals surface area contributed by atoms with Gasteiger partial charge in [0.05, 0.1) is 26.4 Å². The zero-order valence-electron chi connectivity index (χ0n) is 81.8. The molecule has 5 atom stereocenters. The topological polar surface area (TPSA) is 231 Å². The quantitative estimate of drug-likeness (QED) is 0.0146. The lowest BCUT2D eigenvalue weighted by Crippen LogP contribution is -2.30. The standard InChI is InChI=1S/C111H188O16P2/c1-4-7-10-13-16-19-22-25-28-31-34-37-40-43-46-49-52-55-58-61-64-67-70-73-76-79-82-85-88-91-94-97-109(114)121-100-106(112)101-123-128(117,118)124-102-107(113)103-125-129(119,120)126-105-108(127-111(116)99-96-93-90-87-84-81-78-75-72-69-66-63-60-57-54-51-48-45-42-39-36-33-30-27-24-21-18-15-12-9-6-3)104-122-110(115)98-95-92-89-86-83-80-77-74-71-68-65-62-59-56-53-50-47-44-41-38-35-32-29-26-23-20-17-14-11-8-5-2/h7-8,10-11,16-21,25-30,34-39,43-48,52-53,55-56,106-108,112-113H,4-6,9,12-15,22-24,31-33,40-42,49-51,54,57-105H2,1-3H3,(H,117,118)(H,119,120)/b10-7-,11-8-,19-16-,20-17-,21-18-,28-25-,29-26-,30-27-,37-34-,38-35-,39-36-,46-43-,47-44-,48-45-,55-52-,56-53-. The summed E-state index contributed by atoms with van der Waals surface area (Å²) in [6.07, 6.45) is 136. The van der Waals surface area contributed by atoms with E-state index in [2.05, 4.69) is 215 Å². The second kappa shape index (κ2) is 101. The van der Waals surface area contributed by atoms with Crippen LogP contribution in [0.25, 0.3) is 0 Å². The van der Waals surface area contributed by atoms with E-state index in [1.165, 1.54) is 193 Å². The van der Waals surface area contributed by atoms with Crippen molar-refractivity contribution in [3.8, 4) is 0 Å². The summed E-state index contributed by atoms with van der Waals surface area (Å²) in [6, 6.07) is 0. The third kappa shape index (κ3) is 103. The maximum absolute atomic E-state index is 13.1. The van der Waals surface area contributed by atoms with Gasteiger partial charge in [-0.05, 0) is 167 Å². The molecule has 0 aromatic carbocycles. The van der Waals surface area contributed by atoms with E-state index in [-0.39, 0.29) is 19.3 Å². The van der Waals surface area contributed by atoms with Crippen LogP contribution in [0.3, 0.4) is 0 Å². The summed E-state index contributed by atoms with van der Waals surface area (Å²) in [5.74, 6) is -1.57. The van der Waals surface area contributed by atoms with Crippen LogP contribution in [0.5, 0.6) is 0 Å². The minimum Gasteiger partial charge on any atom is -0.463 e. The smallest absolute Gasteiger partial charge is 0.463 e. The van der Waals surface area contributed by atoms with Gasteiger partial charge in [-0.3, -0.25) is 32.5 Å². The van der Waals surface area contributed by atoms with E-state index in [1.807, 2.05) is 0 Å². The molecule has 18 heteroatoms. The molecule has 738 valence electrons. The molecule has 0 heterocycles. The van der Waals surface area contributed by atoms with Gasteiger partial charge in [-0.1, -0.05) is 440 Å². The van der Waals surface area contributed by atoms with E-state index in [1.54, 1.807) is 0 Å². The van der Waals surface area contributed by atoms with Crippen molar-refractivity contribution in [2.24, 2.45) is 0 Å². The lowest BCUT2D eigenvalue weighted by molar-refractivity contribution is -0.161. The highest BCUT2D eigenvalue weighted by Crippen LogP contribution is 2.45. The molecule has 0 fully saturated rings. The fourth-order valence-electron chi connectivity index (χ4n) is 14.0. The van der Waals surface area contributed by atoms with Crippen molar-refractivity contribution in [3.05, 3.63) is 194 Å². The molecule has 0 aromatic heterocycles. The Morgan fingerprint density at radius 3 is 0.651 bits per heavy atom. The van der Waals surface area contributed by atoms with Crippen molar-refractivity contribution < 1.29 is 75.8 Å². The normalized spacial score (nSPS) is 14.4. The van der Waals surface area contributed by atoms with E-state index < -0.39 is 91.5 Å². The fraction of sp³-hybridized carbons (Fsp3) is 0.685. The summed E-state index contributed by atoms with van der Waals surface area (Å²) in [4.78, 5) is 59.3. The van der Waals surface area contributed by atoms with Crippen molar-refractivity contribution in [1.29, 1.82) is 0 Å². The molecule has 0 rings (SSSR count). The highest BCUT2D eigenvalue weighted by atomic mass is 31.2. The predicted octanol–water partition coefficient (Wildman–Crippen LogP) is 32.9. The molecular weight excluding hydrogens is 1650 g/mol. The van der Waals surface area contributed by atoms with Crippen LogP contribution in [0.1, 0.15) is 432 Å². The monoisotopic (exact) mass is 1840 g/mol. The van der Waals surface area contributed by atoms with Gasteiger partial charge in [0, 0.05) is 19.3 Å². The van der Waals surface area contributed by atoms with Gasteiger partial charge >= 0.3 is 33.6 Å². The van der Waals surface area contributed by atoms with Crippen molar-refractivity contribution >= 4 is 33.6 Å². The Morgan fingerprint density at radius 1 is 0.225 bits per heavy atom. The van der Waals surface area contributed by atoms with Crippen LogP contribution in [0.4, 0.5) is 0 Å². The number of allylic oxidation sites excluding steroid dienone is 32. The number of aliphatic hydroxyl groups is 2. The Balaban J connectivity index is 4.66. The van der Waals surface area contributed by atoms with Gasteiger partial charge in [-0.25, -0.2) is 9.13 Å². The molecule has 0 bridgehead atoms. The SMILES string of the molecule is CC/C=C\C/C=C\C/C=C\C/C=C\C/C=C\C/C=C\CCCCCCCCCCCCCCC(=O)OCC(O)COP(=O)(O)OCC(O)COP(=O)(O)OCC(COC(=O)CCCCCCCCCCCCCC/C=C\C/C=C\C/C=C\C/C=C\C/C=C\C/C=C\CC)OC(=O)CCCCCCCCCCCCCCCCC/C=C\C/C=C\C/C=C\C/C=C\CCCCC. The highest BCUT2D eigenvalue weighted by molar-refractivity contribution is 7.47. The van der Waals surface area contributed by atoms with Crippen molar-refractivity contribution in [1.82, 2.24) is 0 Å². The van der Waals surface area contributed by atoms with Crippen LogP contribution in [0.15, 0.2) is 194 Å². The number of carbonyl (C=O) groups is 3. The molecule has 0 saturated carbocycles. The lowest BCUT2D eigenvalue weighted by atomic mass is 10.0. The van der Waals surface area contributed by atoms with Crippen LogP contribution in [-0.2, 0) is 55.8 Å². The highest BCUT2D eigenvalue weighted by Gasteiger charge is 2.30. The number of unbranched alkanes of at least 4 members (excludes halogenated alkanes) is 42. The van der Waals surface area contributed by atoms with Crippen LogP contribution < -0.4 is 0 Å². The first-order valence-corrected chi connectivity index (χ1v) is 54.7. The van der Waals surface area contributed by atoms with E-state index >= 15 is 0 Å². The minimum absolute atomic E-state index is 0.0999. The zero-order chi connectivity index (χ0) is 93.5. The van der Waals surface area contributed by atoms with Crippen LogP contribution >= 0.6 is 15.6 Å². The number of phosphoric acid groups is 2. The molecule has 0 radical (unpaired) electrons. The molecule has 0 aliphatic carbocycles. The van der Waals surface area contributed by atoms with E-state index in [0.29, 0.717) is 19.3 Å². The van der Waals surface area contributed by atoms with Gasteiger partial charge in [-0.15, -0.1) is 0 Å². The van der Waals surface area contributed by atoms with Crippen LogP contribution in [0.2, 0.25) is 0 Å². The van der Waals surface area contributed by atoms with E-state index in [9.17, 15) is 43.5 Å². The molecule has 0 aliphatic heterocycles. The summed E-state index contributed by atoms with van der Waals surface area (Å²) in [7, 11) is -9.82. The molecule has 0 saturated heterocycles. The summed E-state index contributed by atoms with van der Waals surface area (Å²) in [6.45, 7) is 2.49. The lowest BCUT2D eigenvalue weighted by Gasteiger charge is -2.21. The van der Waals surface area contributed by atoms with Gasteiger partial charge in [0.25, 0.3) is 0 Å². The fourth-order valence-corrected chi connectivity index (χ4v) is 15.6. The van der Waals surface area contributed by atoms with Crippen molar-refractivity contribution in [2.75, 3.05) is 39.6 Å². The third-order valence-electron chi connectivity index (χ3n) is 21.8. The Hall–Kier alpha value is -5.61. The molecule has 5 unspecified atom stereocenters. The van der Waals surface area contributed by atoms with Crippen LogP contribution in [0, 0.1) is 0 Å². The van der Waals surface area contributed by atoms with Crippen molar-refractivity contribution in [2.45, 2.75) is 450 Å². The first kappa shape index (κ1) is 123. The number of hydrogen-bond donors (Lipinski definition) is 4. The van der Waals surface area contributed by atoms with Gasteiger partial charge < -0.3 is 34.2 Å². The Labute approximate surface area is 788 Å². The Kier molecular flexibility index (Phi) is 97.0. The van der Waals surface area contributed by atoms with Crippen LogP contribution in [-0.4, -0.2) is 95.9 Å². The summed E-state index contributed by atoms with van der Waals surface area (Å²) in [5.41, 5.74) is 0. The maximum Gasteiger partial charge on any atom is 0.472 e. The minimum atomic E-state index is -4.95. The second-order valence-electron chi connectivity index (χ2n) is 34.2. The number of esters is 3. The van der Waals surface area contributed by atoms with Crippen molar-refractivity contribution in [3.63, 3.8) is 0 Å². The number of carbonyl (C=O) groups excluding carboxylic acids is 3. The number of hydrogen-bond acceptors (Lipinski definition) is 14. The zero-order valence-corrected chi connectivity index (χ0v) is 83.6. The van der Waals surface area contributed by atoms with Gasteiger partial charge in [0.15, 0.2) is 6.10 Å². The molecule has 0 aliphatic rings. The third-order valence-corrected chi connectivity index (χ3v) is 23.7. The molecule has 4 N–H and O–H groups in total. The predicted molar refractivity (Wildman–Crippen MR) is 546 cm³/mol. The molecular formula is C111H188O16P2. The molecule has 0 aromatic rings. The van der Waals surface area contributed by atoms with Gasteiger partial charge in [0.2, 0.25) is 0 Å². The second-order valence-corrected chi connectivity index (χ2v) is 37.1. The average Bonchev–Trinajstić information content (AvgIpc) is 0.895. The number of ether oxygens (including phenoxy) is 3. The Bertz CT molecular complexity index is 3130. The maximum atomic E-state index is 13.1. The summed E-state index contributed by atoms with van der Waals surface area (Å²) < 4.78 is 61.7. The first-order valence-electron chi connectivity index (χ1n) is 51.7. The van der Waals surface area contributed by atoms with E-state index in [0.717, 1.165) is 180 Å². The van der Waals surface area contributed by atoms with Gasteiger partial charge in [-0.2, -0.15) is 0 Å². The molecule has 129 heavy (non-hydrogen) atoms. The molecule has 16 nitrogen and oxygen atoms in total. The number of phosphoric ester groups is 2. The summed E-state index contributed by atoms with van der Waals surface area (Å²) in [5, 5.41) is 20.8. The Morgan fingerprint density at radius 2 is 0.411 bits per heavy atom. The van der Waals surface area contributed by atoms with E-state index in [4.69, 9.17) is 32.3 Å².